The fourth-order valence-corrected chi connectivity index (χ4v) is 1.84. The van der Waals surface area contributed by atoms with Crippen LogP contribution in [-0.4, -0.2) is 18.7 Å². The minimum Gasteiger partial charge on any atom is -0.392 e. The summed E-state index contributed by atoms with van der Waals surface area (Å²) in [5.74, 6) is 0.584. The molecule has 84 valence electrons. The highest BCUT2D eigenvalue weighted by Gasteiger charge is 2.08. The summed E-state index contributed by atoms with van der Waals surface area (Å²) >= 11 is 5.95. The van der Waals surface area contributed by atoms with Crippen LogP contribution < -0.4 is 4.90 Å². The second-order valence-electron chi connectivity index (χ2n) is 4.21. The van der Waals surface area contributed by atoms with Gasteiger partial charge in [-0.2, -0.15) is 0 Å². The van der Waals surface area contributed by atoms with Crippen LogP contribution in [0.5, 0.6) is 0 Å². The van der Waals surface area contributed by atoms with Crippen LogP contribution in [0.4, 0.5) is 5.69 Å². The first-order valence-corrected chi connectivity index (χ1v) is 5.52. The molecule has 15 heavy (non-hydrogen) atoms. The molecule has 1 rings (SSSR count). The molecule has 0 atom stereocenters. The van der Waals surface area contributed by atoms with E-state index in [-0.39, 0.29) is 6.61 Å². The zero-order valence-electron chi connectivity index (χ0n) is 9.50. The van der Waals surface area contributed by atoms with Crippen molar-refractivity contribution in [3.05, 3.63) is 28.8 Å². The smallest absolute Gasteiger partial charge is 0.0702 e. The molecule has 0 saturated heterocycles. The van der Waals surface area contributed by atoms with Gasteiger partial charge in [-0.15, -0.1) is 0 Å². The number of anilines is 1. The molecule has 0 amide bonds. The molecule has 0 bridgehead atoms. The van der Waals surface area contributed by atoms with E-state index in [1.807, 2.05) is 19.2 Å². The molecule has 0 radical (unpaired) electrons. The van der Waals surface area contributed by atoms with Crippen molar-refractivity contribution < 1.29 is 5.11 Å². The summed E-state index contributed by atoms with van der Waals surface area (Å²) in [6.07, 6.45) is 0. The van der Waals surface area contributed by atoms with Crippen molar-refractivity contribution >= 4 is 17.3 Å². The van der Waals surface area contributed by atoms with Crippen LogP contribution in [0.25, 0.3) is 0 Å². The SMILES string of the molecule is CC(C)CN(C)c1cc(Cl)ccc1CO. The van der Waals surface area contributed by atoms with Crippen molar-refractivity contribution in [2.75, 3.05) is 18.5 Å². The lowest BCUT2D eigenvalue weighted by Crippen LogP contribution is -2.23. The van der Waals surface area contributed by atoms with Crippen LogP contribution in [0.15, 0.2) is 18.2 Å². The maximum absolute atomic E-state index is 9.22. The predicted molar refractivity (Wildman–Crippen MR) is 65.5 cm³/mol. The number of aliphatic hydroxyl groups is 1. The molecular formula is C12H18ClNO. The molecule has 2 nitrogen and oxygen atoms in total. The second kappa shape index (κ2) is 5.38. The van der Waals surface area contributed by atoms with E-state index < -0.39 is 0 Å². The monoisotopic (exact) mass is 227 g/mol. The first-order chi connectivity index (χ1) is 7.04. The average Bonchev–Trinajstić information content (AvgIpc) is 2.16. The molecule has 1 N–H and O–H groups in total. The van der Waals surface area contributed by atoms with Crippen LogP contribution in [0.3, 0.4) is 0 Å². The third-order valence-electron chi connectivity index (χ3n) is 2.27. The number of nitrogens with zero attached hydrogens (tertiary/aromatic N) is 1. The van der Waals surface area contributed by atoms with Gasteiger partial charge >= 0.3 is 0 Å². The highest BCUT2D eigenvalue weighted by atomic mass is 35.5. The van der Waals surface area contributed by atoms with Crippen LogP contribution in [0.1, 0.15) is 19.4 Å². The van der Waals surface area contributed by atoms with Gasteiger partial charge in [0.25, 0.3) is 0 Å². The van der Waals surface area contributed by atoms with E-state index in [1.165, 1.54) is 0 Å². The molecule has 1 aromatic carbocycles. The highest BCUT2D eigenvalue weighted by Crippen LogP contribution is 2.24. The quantitative estimate of drug-likeness (QED) is 0.855. The number of benzene rings is 1. The maximum atomic E-state index is 9.22. The van der Waals surface area contributed by atoms with Crippen LogP contribution >= 0.6 is 11.6 Å². The van der Waals surface area contributed by atoms with E-state index in [1.54, 1.807) is 6.07 Å². The number of hydrogen-bond acceptors (Lipinski definition) is 2. The van der Waals surface area contributed by atoms with Crippen molar-refractivity contribution in [1.29, 1.82) is 0 Å². The minimum absolute atomic E-state index is 0.0505. The van der Waals surface area contributed by atoms with Gasteiger partial charge in [-0.1, -0.05) is 31.5 Å². The molecule has 0 aliphatic carbocycles. The summed E-state index contributed by atoms with van der Waals surface area (Å²) in [7, 11) is 2.02. The zero-order valence-corrected chi connectivity index (χ0v) is 10.3. The molecule has 1 aromatic rings. The van der Waals surface area contributed by atoms with Crippen LogP contribution in [-0.2, 0) is 6.61 Å². The van der Waals surface area contributed by atoms with Crippen molar-refractivity contribution in [3.63, 3.8) is 0 Å². The van der Waals surface area contributed by atoms with E-state index in [0.717, 1.165) is 17.8 Å². The summed E-state index contributed by atoms with van der Waals surface area (Å²) in [4.78, 5) is 2.13. The van der Waals surface area contributed by atoms with Crippen molar-refractivity contribution in [1.82, 2.24) is 0 Å². The first kappa shape index (κ1) is 12.3. The summed E-state index contributed by atoms with van der Waals surface area (Å²) in [5.41, 5.74) is 1.93. The topological polar surface area (TPSA) is 23.5 Å². The van der Waals surface area contributed by atoms with Crippen LogP contribution in [0, 0.1) is 5.92 Å². The Morgan fingerprint density at radius 3 is 2.60 bits per heavy atom. The van der Waals surface area contributed by atoms with Gasteiger partial charge in [0.05, 0.1) is 6.61 Å². The number of rotatable bonds is 4. The molecule has 0 heterocycles. The van der Waals surface area contributed by atoms with Gasteiger partial charge in [0.1, 0.15) is 0 Å². The molecule has 0 aliphatic rings. The van der Waals surface area contributed by atoms with E-state index in [9.17, 15) is 5.11 Å². The normalized spacial score (nSPS) is 10.8. The number of hydrogen-bond donors (Lipinski definition) is 1. The lowest BCUT2D eigenvalue weighted by atomic mass is 10.1. The van der Waals surface area contributed by atoms with Crippen molar-refractivity contribution in [2.24, 2.45) is 5.92 Å². The van der Waals surface area contributed by atoms with E-state index in [0.29, 0.717) is 10.9 Å². The summed E-state index contributed by atoms with van der Waals surface area (Å²) in [5, 5.41) is 9.93. The average molecular weight is 228 g/mol. The van der Waals surface area contributed by atoms with Gasteiger partial charge in [-0.05, 0) is 18.1 Å². The highest BCUT2D eigenvalue weighted by molar-refractivity contribution is 6.30. The summed E-state index contributed by atoms with van der Waals surface area (Å²) in [6, 6.07) is 5.57. The van der Waals surface area contributed by atoms with E-state index in [2.05, 4.69) is 18.7 Å². The Balaban J connectivity index is 2.94. The third-order valence-corrected chi connectivity index (χ3v) is 2.50. The Hall–Kier alpha value is -0.730. The Kier molecular flexibility index (Phi) is 4.43. The van der Waals surface area contributed by atoms with Gasteiger partial charge in [-0.3, -0.25) is 0 Å². The Morgan fingerprint density at radius 2 is 2.07 bits per heavy atom. The fraction of sp³-hybridized carbons (Fsp3) is 0.500. The van der Waals surface area contributed by atoms with E-state index in [4.69, 9.17) is 11.6 Å². The number of aliphatic hydroxyl groups excluding tert-OH is 1. The molecule has 0 fully saturated rings. The van der Waals surface area contributed by atoms with Gasteiger partial charge in [0, 0.05) is 29.9 Å². The molecule has 0 spiro atoms. The largest absolute Gasteiger partial charge is 0.392 e. The summed E-state index contributed by atoms with van der Waals surface area (Å²) in [6.45, 7) is 5.33. The minimum atomic E-state index is 0.0505. The number of halogens is 1. The fourth-order valence-electron chi connectivity index (χ4n) is 1.67. The van der Waals surface area contributed by atoms with Gasteiger partial charge in [-0.25, -0.2) is 0 Å². The van der Waals surface area contributed by atoms with E-state index >= 15 is 0 Å². The van der Waals surface area contributed by atoms with Crippen molar-refractivity contribution in [3.8, 4) is 0 Å². The molecule has 0 saturated carbocycles. The lowest BCUT2D eigenvalue weighted by molar-refractivity contribution is 0.282. The Morgan fingerprint density at radius 1 is 1.40 bits per heavy atom. The molecular weight excluding hydrogens is 210 g/mol. The zero-order chi connectivity index (χ0) is 11.4. The van der Waals surface area contributed by atoms with Gasteiger partial charge < -0.3 is 10.0 Å². The maximum Gasteiger partial charge on any atom is 0.0702 e. The van der Waals surface area contributed by atoms with Gasteiger partial charge in [0.2, 0.25) is 0 Å². The molecule has 3 heteroatoms. The second-order valence-corrected chi connectivity index (χ2v) is 4.64. The Labute approximate surface area is 96.5 Å². The summed E-state index contributed by atoms with van der Waals surface area (Å²) < 4.78 is 0. The molecule has 0 unspecified atom stereocenters. The predicted octanol–water partition coefficient (Wildman–Crippen LogP) is 2.92. The molecule has 0 aromatic heterocycles. The van der Waals surface area contributed by atoms with Crippen LogP contribution in [0.2, 0.25) is 5.02 Å². The Bertz CT molecular complexity index is 325. The molecule has 0 aliphatic heterocycles. The third kappa shape index (κ3) is 3.40. The standard InChI is InChI=1S/C12H18ClNO/c1-9(2)7-14(3)12-6-11(13)5-4-10(12)8-15/h4-6,9,15H,7-8H2,1-3H3. The first-order valence-electron chi connectivity index (χ1n) is 5.15. The lowest BCUT2D eigenvalue weighted by Gasteiger charge is -2.24. The van der Waals surface area contributed by atoms with Crippen molar-refractivity contribution in [2.45, 2.75) is 20.5 Å². The van der Waals surface area contributed by atoms with Gasteiger partial charge in [0.15, 0.2) is 0 Å².